The molecule has 0 spiro atoms. The molecule has 2 heteroatoms. The molecular weight excluding hydrogens is 811 g/mol. The molecule has 67 heavy (non-hydrogen) atoms. The van der Waals surface area contributed by atoms with Gasteiger partial charge >= 0.3 is 0 Å². The van der Waals surface area contributed by atoms with Gasteiger partial charge in [0, 0.05) is 22.0 Å². The molecule has 0 radical (unpaired) electrons. The van der Waals surface area contributed by atoms with Gasteiger partial charge in [-0.2, -0.15) is 0 Å². The highest BCUT2D eigenvalue weighted by Gasteiger charge is 2.46. The Morgan fingerprint density at radius 3 is 1.54 bits per heavy atom. The van der Waals surface area contributed by atoms with Crippen LogP contribution in [0.3, 0.4) is 0 Å². The molecule has 0 saturated heterocycles. The second-order valence-corrected chi connectivity index (χ2v) is 17.5. The molecule has 0 unspecified atom stereocenters. The third-order valence-electron chi connectivity index (χ3n) is 14.0. The van der Waals surface area contributed by atoms with E-state index in [0.29, 0.717) is 0 Å². The maximum Gasteiger partial charge on any atom is 0.143 e. The zero-order valence-electron chi connectivity index (χ0n) is 36.7. The monoisotopic (exact) mass is 853 g/mol. The van der Waals surface area contributed by atoms with E-state index in [1.54, 1.807) is 0 Å². The zero-order chi connectivity index (χ0) is 44.3. The van der Waals surface area contributed by atoms with Gasteiger partial charge in [-0.25, -0.2) is 0 Å². The number of hydrogen-bond acceptors (Lipinski definition) is 2. The Balaban J connectivity index is 1.13. The summed E-state index contributed by atoms with van der Waals surface area (Å²) in [4.78, 5) is 2.48. The summed E-state index contributed by atoms with van der Waals surface area (Å²) in [7, 11) is 0. The van der Waals surface area contributed by atoms with Crippen LogP contribution in [-0.2, 0) is 5.41 Å². The lowest BCUT2D eigenvalue weighted by Crippen LogP contribution is -2.28. The number of rotatable bonds is 8. The van der Waals surface area contributed by atoms with Crippen molar-refractivity contribution in [3.8, 4) is 44.5 Å². The van der Waals surface area contributed by atoms with Crippen LogP contribution >= 0.6 is 0 Å². The lowest BCUT2D eigenvalue weighted by molar-refractivity contribution is 0.672. The van der Waals surface area contributed by atoms with E-state index in [4.69, 9.17) is 4.42 Å². The average molecular weight is 854 g/mol. The van der Waals surface area contributed by atoms with Crippen molar-refractivity contribution in [3.63, 3.8) is 0 Å². The van der Waals surface area contributed by atoms with Crippen LogP contribution in [0.1, 0.15) is 22.3 Å². The molecule has 0 fully saturated rings. The first-order valence-corrected chi connectivity index (χ1v) is 23.1. The third kappa shape index (κ3) is 6.04. The van der Waals surface area contributed by atoms with Crippen LogP contribution in [0.25, 0.3) is 77.2 Å². The van der Waals surface area contributed by atoms with E-state index in [1.165, 1.54) is 55.6 Å². The van der Waals surface area contributed by atoms with Crippen molar-refractivity contribution in [2.24, 2.45) is 0 Å². The van der Waals surface area contributed by atoms with Crippen molar-refractivity contribution in [2.45, 2.75) is 5.41 Å². The Bertz CT molecular complexity index is 3760. The number of benzene rings is 11. The van der Waals surface area contributed by atoms with E-state index in [2.05, 4.69) is 266 Å². The van der Waals surface area contributed by atoms with E-state index >= 15 is 0 Å². The van der Waals surface area contributed by atoms with Crippen LogP contribution < -0.4 is 4.90 Å². The first kappa shape index (κ1) is 38.7. The van der Waals surface area contributed by atoms with Crippen LogP contribution in [0, 0.1) is 0 Å². The third-order valence-corrected chi connectivity index (χ3v) is 14.0. The average Bonchev–Trinajstić information content (AvgIpc) is 3.94. The lowest BCUT2D eigenvalue weighted by atomic mass is 9.67. The minimum atomic E-state index is -0.566. The Morgan fingerprint density at radius 1 is 0.313 bits per heavy atom. The molecular formula is C65H43NO. The van der Waals surface area contributed by atoms with E-state index in [-0.39, 0.29) is 0 Å². The molecule has 0 aliphatic heterocycles. The number of furan rings is 1. The fraction of sp³-hybridized carbons (Fsp3) is 0.0154. The molecule has 1 aliphatic rings. The van der Waals surface area contributed by atoms with Crippen LogP contribution in [0.5, 0.6) is 0 Å². The van der Waals surface area contributed by atoms with E-state index in [0.717, 1.165) is 60.9 Å². The summed E-state index contributed by atoms with van der Waals surface area (Å²) in [6.07, 6.45) is 0. The second-order valence-electron chi connectivity index (χ2n) is 17.5. The van der Waals surface area contributed by atoms with Gasteiger partial charge in [0.05, 0.1) is 22.2 Å². The van der Waals surface area contributed by atoms with Gasteiger partial charge in [-0.1, -0.05) is 224 Å². The van der Waals surface area contributed by atoms with Crippen molar-refractivity contribution in [2.75, 3.05) is 4.90 Å². The summed E-state index contributed by atoms with van der Waals surface area (Å²) in [5.41, 5.74) is 18.8. The van der Waals surface area contributed by atoms with Crippen LogP contribution in [0.4, 0.5) is 17.1 Å². The molecule has 314 valence electrons. The van der Waals surface area contributed by atoms with Crippen molar-refractivity contribution < 1.29 is 4.42 Å². The van der Waals surface area contributed by atoms with Gasteiger partial charge in [-0.15, -0.1) is 0 Å². The Hall–Kier alpha value is -8.72. The Labute approximate surface area is 390 Å². The lowest BCUT2D eigenvalue weighted by Gasteiger charge is -2.35. The summed E-state index contributed by atoms with van der Waals surface area (Å²) < 4.78 is 7.09. The molecule has 0 amide bonds. The Morgan fingerprint density at radius 2 is 0.836 bits per heavy atom. The molecule has 1 aliphatic carbocycles. The van der Waals surface area contributed by atoms with Crippen LogP contribution in [0.15, 0.2) is 265 Å². The SMILES string of the molecule is c1ccc(-c2ccccc2-c2cc3c(oc4cccc(N(c5ccc6c(c5)C(c5ccccc5)(c5ccccc5)c5ccccc5-6)c5ccccc5-c5ccccc5)c43)c3ccccc23)cc1. The molecule has 0 N–H and O–H groups in total. The Kier molecular flexibility index (Phi) is 9.11. The summed E-state index contributed by atoms with van der Waals surface area (Å²) in [5, 5.41) is 4.37. The molecule has 13 rings (SSSR count). The first-order valence-electron chi connectivity index (χ1n) is 23.1. The van der Waals surface area contributed by atoms with Crippen LogP contribution in [-0.4, -0.2) is 0 Å². The normalized spacial score (nSPS) is 12.6. The summed E-state index contributed by atoms with van der Waals surface area (Å²) in [6, 6.07) is 95.0. The van der Waals surface area contributed by atoms with E-state index in [9.17, 15) is 0 Å². The van der Waals surface area contributed by atoms with Gasteiger partial charge in [-0.3, -0.25) is 0 Å². The topological polar surface area (TPSA) is 16.4 Å². The number of para-hydroxylation sites is 1. The van der Waals surface area contributed by atoms with Crippen LogP contribution in [0.2, 0.25) is 0 Å². The van der Waals surface area contributed by atoms with E-state index in [1.807, 2.05) is 0 Å². The highest BCUT2D eigenvalue weighted by molar-refractivity contribution is 6.23. The number of anilines is 3. The maximum atomic E-state index is 7.09. The van der Waals surface area contributed by atoms with Gasteiger partial charge in [0.15, 0.2) is 0 Å². The standard InChI is InChI=1S/C65H43NO/c1-5-22-44(23-6-1)49-30-13-14-32-51(49)56-43-57-63-61(38-21-39-62(63)67-64(57)55-35-16-15-33-52(55)56)66(60-37-20-18-31-50(60)45-24-7-2-8-25-45)48-40-41-54-53-34-17-19-36-58(53)65(59(54)42-48,46-26-9-3-10-27-46)47-28-11-4-12-29-47/h1-43H. The molecule has 12 aromatic rings. The van der Waals surface area contributed by atoms with Crippen molar-refractivity contribution >= 4 is 49.8 Å². The summed E-state index contributed by atoms with van der Waals surface area (Å²) >= 11 is 0. The number of nitrogens with zero attached hydrogens (tertiary/aromatic N) is 1. The fourth-order valence-corrected chi connectivity index (χ4v) is 11.1. The highest BCUT2D eigenvalue weighted by Crippen LogP contribution is 2.58. The molecule has 2 nitrogen and oxygen atoms in total. The number of fused-ring (bicyclic) bond motifs is 8. The molecule has 11 aromatic carbocycles. The summed E-state index contributed by atoms with van der Waals surface area (Å²) in [6.45, 7) is 0. The van der Waals surface area contributed by atoms with Gasteiger partial charge < -0.3 is 9.32 Å². The molecule has 1 heterocycles. The first-order chi connectivity index (χ1) is 33.3. The highest BCUT2D eigenvalue weighted by atomic mass is 16.3. The quantitative estimate of drug-likeness (QED) is 0.151. The van der Waals surface area contributed by atoms with Gasteiger partial charge in [0.2, 0.25) is 0 Å². The number of hydrogen-bond donors (Lipinski definition) is 0. The van der Waals surface area contributed by atoms with Gasteiger partial charge in [0.25, 0.3) is 0 Å². The van der Waals surface area contributed by atoms with Crippen molar-refractivity contribution in [1.82, 2.24) is 0 Å². The second kappa shape index (κ2) is 15.8. The fourth-order valence-electron chi connectivity index (χ4n) is 11.1. The predicted octanol–water partition coefficient (Wildman–Crippen LogP) is 17.6. The minimum Gasteiger partial charge on any atom is -0.455 e. The van der Waals surface area contributed by atoms with E-state index < -0.39 is 5.41 Å². The molecule has 0 saturated carbocycles. The molecule has 0 bridgehead atoms. The van der Waals surface area contributed by atoms with Gasteiger partial charge in [-0.05, 0) is 103 Å². The zero-order valence-corrected chi connectivity index (χ0v) is 36.7. The predicted molar refractivity (Wildman–Crippen MR) is 280 cm³/mol. The molecule has 1 aromatic heterocycles. The largest absolute Gasteiger partial charge is 0.455 e. The van der Waals surface area contributed by atoms with Gasteiger partial charge in [0.1, 0.15) is 11.2 Å². The van der Waals surface area contributed by atoms with Crippen molar-refractivity contribution in [3.05, 3.63) is 283 Å². The summed E-state index contributed by atoms with van der Waals surface area (Å²) in [5.74, 6) is 0. The van der Waals surface area contributed by atoms with Crippen molar-refractivity contribution in [1.29, 1.82) is 0 Å². The smallest absolute Gasteiger partial charge is 0.143 e. The molecule has 0 atom stereocenters. The maximum absolute atomic E-state index is 7.09. The minimum absolute atomic E-state index is 0.566.